The van der Waals surface area contributed by atoms with Gasteiger partial charge >= 0.3 is 0 Å². The first kappa shape index (κ1) is 20.8. The zero-order valence-electron chi connectivity index (χ0n) is 18.5. The summed E-state index contributed by atoms with van der Waals surface area (Å²) in [7, 11) is 1.59. The summed E-state index contributed by atoms with van der Waals surface area (Å²) in [5, 5.41) is 1.20. The van der Waals surface area contributed by atoms with Crippen LogP contribution in [-0.2, 0) is 0 Å². The Morgan fingerprint density at radius 1 is 0.788 bits per heavy atom. The zero-order chi connectivity index (χ0) is 22.8. The van der Waals surface area contributed by atoms with Gasteiger partial charge in [-0.1, -0.05) is 42.5 Å². The first-order valence-corrected chi connectivity index (χ1v) is 11.0. The Labute approximate surface area is 192 Å². The van der Waals surface area contributed by atoms with Gasteiger partial charge in [0, 0.05) is 54.9 Å². The van der Waals surface area contributed by atoms with Crippen molar-refractivity contribution < 1.29 is 9.53 Å². The van der Waals surface area contributed by atoms with Crippen LogP contribution in [-0.4, -0.2) is 48.7 Å². The van der Waals surface area contributed by atoms with Crippen LogP contribution in [0.15, 0.2) is 89.9 Å². The molecule has 166 valence electrons. The Bertz CT molecular complexity index is 1360. The van der Waals surface area contributed by atoms with Gasteiger partial charge in [-0.15, -0.1) is 0 Å². The number of piperazine rings is 1. The molecule has 6 heteroatoms. The maximum absolute atomic E-state index is 13.6. The van der Waals surface area contributed by atoms with Crippen LogP contribution in [0.1, 0.15) is 10.4 Å². The van der Waals surface area contributed by atoms with Crippen LogP contribution in [0.3, 0.4) is 0 Å². The standard InChI is InChI=1S/C27H25N3O3/c1-33-22-11-7-10-21(18-22)30-19-25(23-12-5-6-13-24(23)27(30)32)26(31)29-16-14-28(15-17-29)20-8-3-2-4-9-20/h2-13,18-19H,14-17H2,1H3. The molecular weight excluding hydrogens is 414 g/mol. The summed E-state index contributed by atoms with van der Waals surface area (Å²) in [4.78, 5) is 31.1. The topological polar surface area (TPSA) is 54.8 Å². The van der Waals surface area contributed by atoms with Crippen LogP contribution in [0, 0.1) is 0 Å². The lowest BCUT2D eigenvalue weighted by molar-refractivity contribution is 0.0748. The maximum Gasteiger partial charge on any atom is 0.262 e. The summed E-state index contributed by atoms with van der Waals surface area (Å²) < 4.78 is 6.87. The van der Waals surface area contributed by atoms with Gasteiger partial charge in [0.05, 0.1) is 18.4 Å². The number of aromatic nitrogens is 1. The predicted octanol–water partition coefficient (Wildman–Crippen LogP) is 3.96. The van der Waals surface area contributed by atoms with Gasteiger partial charge in [-0.05, 0) is 30.3 Å². The number of nitrogens with zero attached hydrogens (tertiary/aromatic N) is 3. The lowest BCUT2D eigenvalue weighted by Gasteiger charge is -2.36. The second kappa shape index (κ2) is 8.82. The van der Waals surface area contributed by atoms with E-state index >= 15 is 0 Å². The van der Waals surface area contributed by atoms with Crippen molar-refractivity contribution in [2.45, 2.75) is 0 Å². The fourth-order valence-electron chi connectivity index (χ4n) is 4.39. The molecule has 3 aromatic carbocycles. The number of pyridine rings is 1. The number of carbonyl (C=O) groups excluding carboxylic acids is 1. The predicted molar refractivity (Wildman–Crippen MR) is 131 cm³/mol. The van der Waals surface area contributed by atoms with E-state index in [1.54, 1.807) is 25.4 Å². The van der Waals surface area contributed by atoms with E-state index in [1.165, 1.54) is 10.3 Å². The molecule has 0 N–H and O–H groups in total. The van der Waals surface area contributed by atoms with Crippen molar-refractivity contribution in [3.05, 3.63) is 101 Å². The molecule has 0 unspecified atom stereocenters. The molecule has 1 aliphatic heterocycles. The molecule has 0 bridgehead atoms. The first-order valence-electron chi connectivity index (χ1n) is 11.0. The Balaban J connectivity index is 1.50. The molecule has 1 amide bonds. The van der Waals surface area contributed by atoms with E-state index in [0.29, 0.717) is 40.9 Å². The fraction of sp³-hybridized carbons (Fsp3) is 0.185. The molecule has 1 aliphatic rings. The molecule has 0 radical (unpaired) electrons. The minimum absolute atomic E-state index is 0.0597. The quantitative estimate of drug-likeness (QED) is 0.483. The summed E-state index contributed by atoms with van der Waals surface area (Å²) in [5.41, 5.74) is 2.19. The molecule has 6 nitrogen and oxygen atoms in total. The van der Waals surface area contributed by atoms with Gasteiger partial charge in [0.15, 0.2) is 0 Å². The number of amides is 1. The lowest BCUT2D eigenvalue weighted by Crippen LogP contribution is -2.49. The summed E-state index contributed by atoms with van der Waals surface area (Å²) in [6.45, 7) is 2.78. The second-order valence-corrected chi connectivity index (χ2v) is 8.08. The van der Waals surface area contributed by atoms with E-state index in [2.05, 4.69) is 17.0 Å². The molecule has 4 aromatic rings. The smallest absolute Gasteiger partial charge is 0.262 e. The highest BCUT2D eigenvalue weighted by molar-refractivity contribution is 6.06. The van der Waals surface area contributed by atoms with E-state index in [1.807, 2.05) is 59.5 Å². The molecule has 0 atom stereocenters. The molecule has 2 heterocycles. The number of methoxy groups -OCH3 is 1. The van der Waals surface area contributed by atoms with Crippen LogP contribution < -0.4 is 15.2 Å². The second-order valence-electron chi connectivity index (χ2n) is 8.08. The van der Waals surface area contributed by atoms with Crippen LogP contribution in [0.25, 0.3) is 16.5 Å². The monoisotopic (exact) mass is 439 g/mol. The van der Waals surface area contributed by atoms with Crippen molar-refractivity contribution in [1.82, 2.24) is 9.47 Å². The van der Waals surface area contributed by atoms with E-state index in [4.69, 9.17) is 4.74 Å². The SMILES string of the molecule is COc1cccc(-n2cc(C(=O)N3CCN(c4ccccc4)CC3)c3ccccc3c2=O)c1. The van der Waals surface area contributed by atoms with E-state index in [-0.39, 0.29) is 11.5 Å². The van der Waals surface area contributed by atoms with Crippen LogP contribution >= 0.6 is 0 Å². The lowest BCUT2D eigenvalue weighted by atomic mass is 10.1. The van der Waals surface area contributed by atoms with Gasteiger partial charge in [0.2, 0.25) is 0 Å². The normalized spacial score (nSPS) is 13.8. The number of hydrogen-bond donors (Lipinski definition) is 0. The third kappa shape index (κ3) is 3.96. The average molecular weight is 440 g/mol. The summed E-state index contributed by atoms with van der Waals surface area (Å²) in [6, 6.07) is 24.9. The summed E-state index contributed by atoms with van der Waals surface area (Å²) >= 11 is 0. The van der Waals surface area contributed by atoms with Crippen molar-refractivity contribution in [3.63, 3.8) is 0 Å². The number of anilines is 1. The van der Waals surface area contributed by atoms with Gasteiger partial charge in [-0.25, -0.2) is 0 Å². The third-order valence-electron chi connectivity index (χ3n) is 6.17. The van der Waals surface area contributed by atoms with Crippen molar-refractivity contribution in [1.29, 1.82) is 0 Å². The van der Waals surface area contributed by atoms with Gasteiger partial charge in [0.25, 0.3) is 11.5 Å². The largest absolute Gasteiger partial charge is 0.497 e. The van der Waals surface area contributed by atoms with E-state index < -0.39 is 0 Å². The molecule has 1 fully saturated rings. The fourth-order valence-corrected chi connectivity index (χ4v) is 4.39. The first-order chi connectivity index (χ1) is 16.2. The van der Waals surface area contributed by atoms with Gasteiger partial charge < -0.3 is 14.5 Å². The Hall–Kier alpha value is -4.06. The third-order valence-corrected chi connectivity index (χ3v) is 6.17. The van der Waals surface area contributed by atoms with Crippen molar-refractivity contribution in [3.8, 4) is 11.4 Å². The Morgan fingerprint density at radius 2 is 1.45 bits per heavy atom. The van der Waals surface area contributed by atoms with Crippen molar-refractivity contribution in [2.75, 3.05) is 38.2 Å². The van der Waals surface area contributed by atoms with Gasteiger partial charge in [0.1, 0.15) is 5.75 Å². The molecule has 33 heavy (non-hydrogen) atoms. The Kier molecular flexibility index (Phi) is 5.57. The minimum atomic E-state index is -0.163. The number of carbonyl (C=O) groups is 1. The maximum atomic E-state index is 13.6. The molecule has 0 saturated carbocycles. The van der Waals surface area contributed by atoms with E-state index in [9.17, 15) is 9.59 Å². The summed E-state index contributed by atoms with van der Waals surface area (Å²) in [5.74, 6) is 0.591. The summed E-state index contributed by atoms with van der Waals surface area (Å²) in [6.07, 6.45) is 1.67. The number of fused-ring (bicyclic) bond motifs is 1. The highest BCUT2D eigenvalue weighted by atomic mass is 16.5. The van der Waals surface area contributed by atoms with Gasteiger partial charge in [-0.2, -0.15) is 0 Å². The number of benzene rings is 3. The van der Waals surface area contributed by atoms with E-state index in [0.717, 1.165) is 13.1 Å². The zero-order valence-corrected chi connectivity index (χ0v) is 18.5. The number of hydrogen-bond acceptors (Lipinski definition) is 4. The molecule has 0 aliphatic carbocycles. The molecule has 0 spiro atoms. The van der Waals surface area contributed by atoms with Gasteiger partial charge in [-0.3, -0.25) is 14.2 Å². The number of para-hydroxylation sites is 1. The average Bonchev–Trinajstić information content (AvgIpc) is 2.89. The Morgan fingerprint density at radius 3 is 2.18 bits per heavy atom. The molecule has 1 saturated heterocycles. The van der Waals surface area contributed by atoms with Crippen molar-refractivity contribution >= 4 is 22.4 Å². The highest BCUT2D eigenvalue weighted by Crippen LogP contribution is 2.23. The highest BCUT2D eigenvalue weighted by Gasteiger charge is 2.25. The number of rotatable bonds is 4. The minimum Gasteiger partial charge on any atom is -0.497 e. The van der Waals surface area contributed by atoms with Crippen LogP contribution in [0.4, 0.5) is 5.69 Å². The van der Waals surface area contributed by atoms with Crippen LogP contribution in [0.2, 0.25) is 0 Å². The molecular formula is C27H25N3O3. The van der Waals surface area contributed by atoms with Crippen LogP contribution in [0.5, 0.6) is 5.75 Å². The number of ether oxygens (including phenoxy) is 1. The van der Waals surface area contributed by atoms with Crippen molar-refractivity contribution in [2.24, 2.45) is 0 Å². The molecule has 5 rings (SSSR count). The molecule has 1 aromatic heterocycles.